The van der Waals surface area contributed by atoms with E-state index in [1.807, 2.05) is 0 Å². The predicted molar refractivity (Wildman–Crippen MR) is 224 cm³/mol. The normalized spacial score (nSPS) is 13.1. The molecule has 2 heterocycles. The fourth-order valence-corrected chi connectivity index (χ4v) is 9.11. The lowest BCUT2D eigenvalue weighted by Gasteiger charge is -2.27. The van der Waals surface area contributed by atoms with Crippen LogP contribution in [-0.4, -0.2) is 0 Å². The summed E-state index contributed by atoms with van der Waals surface area (Å²) in [6.45, 7) is 4.70. The number of hydrogen-bond acceptors (Lipinski definition) is 3. The Morgan fingerprint density at radius 1 is 0.444 bits per heavy atom. The van der Waals surface area contributed by atoms with E-state index >= 15 is 0 Å². The third-order valence-corrected chi connectivity index (χ3v) is 11.4. The molecule has 1 aliphatic carbocycles. The van der Waals surface area contributed by atoms with Gasteiger partial charge in [0.05, 0.1) is 11.1 Å². The maximum absolute atomic E-state index is 7.10. The van der Waals surface area contributed by atoms with Crippen molar-refractivity contribution in [3.8, 4) is 33.4 Å². The summed E-state index contributed by atoms with van der Waals surface area (Å²) in [5.41, 5.74) is 15.9. The molecule has 0 amide bonds. The molecule has 0 radical (unpaired) electrons. The molecule has 54 heavy (non-hydrogen) atoms. The topological polar surface area (TPSA) is 29.5 Å². The summed E-state index contributed by atoms with van der Waals surface area (Å²) in [7, 11) is 0. The molecule has 3 heteroatoms. The maximum Gasteiger partial charge on any atom is 0.145 e. The van der Waals surface area contributed by atoms with E-state index in [4.69, 9.17) is 8.83 Å². The Morgan fingerprint density at radius 3 is 1.81 bits per heavy atom. The van der Waals surface area contributed by atoms with Crippen molar-refractivity contribution in [1.82, 2.24) is 0 Å². The van der Waals surface area contributed by atoms with Crippen molar-refractivity contribution in [2.45, 2.75) is 19.3 Å². The van der Waals surface area contributed by atoms with Gasteiger partial charge in [0, 0.05) is 44.1 Å². The number of nitrogens with zero attached hydrogens (tertiary/aromatic N) is 1. The van der Waals surface area contributed by atoms with E-state index in [2.05, 4.69) is 195 Å². The lowest BCUT2D eigenvalue weighted by Crippen LogP contribution is -2.16. The number of fused-ring (bicyclic) bond motifs is 9. The smallest absolute Gasteiger partial charge is 0.145 e. The van der Waals surface area contributed by atoms with Crippen molar-refractivity contribution >= 4 is 60.9 Å². The van der Waals surface area contributed by atoms with Crippen molar-refractivity contribution in [2.24, 2.45) is 0 Å². The Bertz CT molecular complexity index is 3020. The first kappa shape index (κ1) is 30.8. The summed E-state index contributed by atoms with van der Waals surface area (Å²) in [4.78, 5) is 2.34. The van der Waals surface area contributed by atoms with Gasteiger partial charge in [0.2, 0.25) is 0 Å². The molecule has 0 atom stereocenters. The lowest BCUT2D eigenvalue weighted by atomic mass is 9.78. The Hall–Kier alpha value is -6.84. The molecule has 0 N–H and O–H groups in total. The van der Waals surface area contributed by atoms with Gasteiger partial charge >= 0.3 is 0 Å². The fourth-order valence-electron chi connectivity index (χ4n) is 9.11. The van der Waals surface area contributed by atoms with E-state index in [9.17, 15) is 0 Å². The van der Waals surface area contributed by atoms with E-state index in [1.165, 1.54) is 27.8 Å². The van der Waals surface area contributed by atoms with Gasteiger partial charge < -0.3 is 13.7 Å². The molecule has 256 valence electrons. The van der Waals surface area contributed by atoms with Crippen LogP contribution in [0.25, 0.3) is 77.3 Å². The third kappa shape index (κ3) is 4.36. The van der Waals surface area contributed by atoms with E-state index in [1.54, 1.807) is 0 Å². The zero-order chi connectivity index (χ0) is 36.0. The molecule has 3 nitrogen and oxygen atoms in total. The highest BCUT2D eigenvalue weighted by Gasteiger charge is 2.40. The second kappa shape index (κ2) is 11.6. The van der Waals surface area contributed by atoms with Gasteiger partial charge in [-0.1, -0.05) is 135 Å². The van der Waals surface area contributed by atoms with Gasteiger partial charge in [-0.05, 0) is 88.0 Å². The Balaban J connectivity index is 1.29. The molecule has 0 bridgehead atoms. The molecule has 0 unspecified atom stereocenters. The maximum atomic E-state index is 7.10. The van der Waals surface area contributed by atoms with Crippen molar-refractivity contribution in [3.05, 3.63) is 187 Å². The number of hydrogen-bond donors (Lipinski definition) is 0. The van der Waals surface area contributed by atoms with Crippen LogP contribution >= 0.6 is 0 Å². The van der Waals surface area contributed by atoms with Crippen molar-refractivity contribution < 1.29 is 8.83 Å². The molecule has 2 aromatic heterocycles. The second-order valence-electron chi connectivity index (χ2n) is 14.8. The first-order valence-electron chi connectivity index (χ1n) is 18.6. The number of anilines is 3. The van der Waals surface area contributed by atoms with Crippen molar-refractivity contribution in [1.29, 1.82) is 0 Å². The van der Waals surface area contributed by atoms with E-state index < -0.39 is 0 Å². The Labute approximate surface area is 313 Å². The van der Waals surface area contributed by atoms with Gasteiger partial charge in [0.15, 0.2) is 0 Å². The highest BCUT2D eigenvalue weighted by atomic mass is 16.3. The summed E-state index contributed by atoms with van der Waals surface area (Å²) < 4.78 is 14.2. The monoisotopic (exact) mass is 693 g/mol. The van der Waals surface area contributed by atoms with Crippen molar-refractivity contribution in [2.75, 3.05) is 4.90 Å². The second-order valence-corrected chi connectivity index (χ2v) is 14.8. The van der Waals surface area contributed by atoms with E-state index in [0.717, 1.165) is 77.6 Å². The standard InChI is InChI=1S/C51H35NO2/c1-51(2)41-26-14-12-23-36(41)39-31-40-45-35(32-17-6-3-7-18-32)25-16-28-44(45)54-50(40)47(48(39)51)38-29-30-42(46-37-24-13-15-27-43(37)53-49(38)46)52(33-19-8-4-9-20-33)34-21-10-5-11-22-34/h3-31H,1-2H3. The van der Waals surface area contributed by atoms with Crippen LogP contribution in [-0.2, 0) is 5.41 Å². The minimum absolute atomic E-state index is 0.298. The fraction of sp³-hybridized carbons (Fsp3) is 0.0588. The summed E-state index contributed by atoms with van der Waals surface area (Å²) in [5, 5.41) is 4.37. The minimum atomic E-state index is -0.298. The summed E-state index contributed by atoms with van der Waals surface area (Å²) >= 11 is 0. The number of furan rings is 2. The lowest BCUT2D eigenvalue weighted by molar-refractivity contribution is 0.648. The third-order valence-electron chi connectivity index (χ3n) is 11.4. The molecule has 8 aromatic carbocycles. The molecule has 0 saturated heterocycles. The molecule has 0 spiro atoms. The van der Waals surface area contributed by atoms with Gasteiger partial charge in [-0.2, -0.15) is 0 Å². The predicted octanol–water partition coefficient (Wildman–Crippen LogP) is 14.6. The number of benzene rings is 8. The van der Waals surface area contributed by atoms with Crippen LogP contribution in [0.3, 0.4) is 0 Å². The van der Waals surface area contributed by atoms with Crippen molar-refractivity contribution in [3.63, 3.8) is 0 Å². The summed E-state index contributed by atoms with van der Waals surface area (Å²) in [6.07, 6.45) is 0. The molecule has 0 fully saturated rings. The highest BCUT2D eigenvalue weighted by molar-refractivity contribution is 6.22. The first-order valence-corrected chi connectivity index (χ1v) is 18.6. The van der Waals surface area contributed by atoms with Crippen LogP contribution in [0.4, 0.5) is 17.1 Å². The van der Waals surface area contributed by atoms with Gasteiger partial charge in [-0.25, -0.2) is 0 Å². The molecule has 0 aliphatic heterocycles. The number of para-hydroxylation sites is 3. The average molecular weight is 694 g/mol. The molecule has 11 rings (SSSR count). The number of rotatable bonds is 5. The average Bonchev–Trinajstić information content (AvgIpc) is 3.87. The Kier molecular flexibility index (Phi) is 6.60. The van der Waals surface area contributed by atoms with Gasteiger partial charge in [0.25, 0.3) is 0 Å². The zero-order valence-electron chi connectivity index (χ0n) is 30.0. The molecule has 10 aromatic rings. The van der Waals surface area contributed by atoms with E-state index in [-0.39, 0.29) is 5.41 Å². The highest BCUT2D eigenvalue weighted by Crippen LogP contribution is 2.57. The Morgan fingerprint density at radius 2 is 1.06 bits per heavy atom. The molecular formula is C51H35NO2. The van der Waals surface area contributed by atoms with Gasteiger partial charge in [-0.15, -0.1) is 0 Å². The van der Waals surface area contributed by atoms with Crippen LogP contribution < -0.4 is 4.90 Å². The summed E-state index contributed by atoms with van der Waals surface area (Å²) in [6, 6.07) is 62.5. The van der Waals surface area contributed by atoms with Gasteiger partial charge in [-0.3, -0.25) is 0 Å². The molecular weight excluding hydrogens is 659 g/mol. The van der Waals surface area contributed by atoms with E-state index in [0.29, 0.717) is 0 Å². The molecule has 0 saturated carbocycles. The molecule has 1 aliphatic rings. The van der Waals surface area contributed by atoms with Crippen LogP contribution in [0.15, 0.2) is 185 Å². The zero-order valence-corrected chi connectivity index (χ0v) is 30.0. The van der Waals surface area contributed by atoms with Crippen LogP contribution in [0, 0.1) is 0 Å². The van der Waals surface area contributed by atoms with Crippen LogP contribution in [0.5, 0.6) is 0 Å². The van der Waals surface area contributed by atoms with Gasteiger partial charge in [0.1, 0.15) is 22.3 Å². The quantitative estimate of drug-likeness (QED) is 0.180. The van der Waals surface area contributed by atoms with Crippen LogP contribution in [0.2, 0.25) is 0 Å². The largest absolute Gasteiger partial charge is 0.455 e. The SMILES string of the molecule is CC1(C)c2ccccc2-c2cc3c(oc4cccc(-c5ccccc5)c43)c(-c3ccc(N(c4ccccc4)c4ccccc4)c4c3oc3ccccc34)c21. The van der Waals surface area contributed by atoms with Crippen LogP contribution in [0.1, 0.15) is 25.0 Å². The minimum Gasteiger partial charge on any atom is -0.455 e. The summed E-state index contributed by atoms with van der Waals surface area (Å²) in [5.74, 6) is 0. The first-order chi connectivity index (χ1) is 26.6.